The summed E-state index contributed by atoms with van der Waals surface area (Å²) >= 11 is 0. The third kappa shape index (κ3) is 2.95. The minimum atomic E-state index is -0.395. The van der Waals surface area contributed by atoms with Crippen LogP contribution >= 0.6 is 0 Å². The standard InChI is InChI=1S/C11H15NO3/c1-3-15-11(13)9-6-8(7-14-2)4-5-10(9)12/h4-6H,3,7,12H2,1-2H3. The highest BCUT2D eigenvalue weighted by molar-refractivity contribution is 5.95. The number of carbonyl (C=O) groups excluding carboxylic acids is 1. The van der Waals surface area contributed by atoms with Crippen LogP contribution in [0, 0.1) is 0 Å². The Kier molecular flexibility index (Phi) is 4.12. The van der Waals surface area contributed by atoms with E-state index in [2.05, 4.69) is 0 Å². The summed E-state index contributed by atoms with van der Waals surface area (Å²) in [5.41, 5.74) is 7.39. The van der Waals surface area contributed by atoms with Crippen molar-refractivity contribution in [3.05, 3.63) is 29.3 Å². The second-order valence-corrected chi connectivity index (χ2v) is 3.08. The van der Waals surface area contributed by atoms with Crippen LogP contribution in [0.15, 0.2) is 18.2 Å². The molecule has 0 saturated carbocycles. The van der Waals surface area contributed by atoms with Gasteiger partial charge in [-0.15, -0.1) is 0 Å². The average molecular weight is 209 g/mol. The zero-order valence-electron chi connectivity index (χ0n) is 8.95. The molecule has 0 radical (unpaired) electrons. The first-order valence-electron chi connectivity index (χ1n) is 4.73. The second kappa shape index (κ2) is 5.36. The van der Waals surface area contributed by atoms with Crippen LogP contribution < -0.4 is 5.73 Å². The molecule has 0 heterocycles. The van der Waals surface area contributed by atoms with Crippen molar-refractivity contribution < 1.29 is 14.3 Å². The van der Waals surface area contributed by atoms with Crippen LogP contribution in [0.2, 0.25) is 0 Å². The summed E-state index contributed by atoms with van der Waals surface area (Å²) in [6.45, 7) is 2.55. The molecule has 0 aliphatic carbocycles. The Labute approximate surface area is 89.0 Å². The summed E-state index contributed by atoms with van der Waals surface area (Å²) in [6.07, 6.45) is 0. The van der Waals surface area contributed by atoms with Crippen molar-refractivity contribution in [1.29, 1.82) is 0 Å². The fraction of sp³-hybridized carbons (Fsp3) is 0.364. The molecule has 0 saturated heterocycles. The highest BCUT2D eigenvalue weighted by Crippen LogP contribution is 2.16. The fourth-order valence-corrected chi connectivity index (χ4v) is 1.25. The van der Waals surface area contributed by atoms with Gasteiger partial charge < -0.3 is 15.2 Å². The quantitative estimate of drug-likeness (QED) is 0.604. The van der Waals surface area contributed by atoms with E-state index in [0.717, 1.165) is 5.56 Å². The van der Waals surface area contributed by atoms with Gasteiger partial charge in [0.1, 0.15) is 0 Å². The summed E-state index contributed by atoms with van der Waals surface area (Å²) in [6, 6.07) is 5.19. The van der Waals surface area contributed by atoms with Gasteiger partial charge in [0, 0.05) is 12.8 Å². The molecule has 1 aromatic carbocycles. The zero-order chi connectivity index (χ0) is 11.3. The van der Waals surface area contributed by atoms with E-state index in [1.54, 1.807) is 26.2 Å². The van der Waals surface area contributed by atoms with Crippen molar-refractivity contribution in [2.24, 2.45) is 0 Å². The SMILES string of the molecule is CCOC(=O)c1cc(COC)ccc1N. The Morgan fingerprint density at radius 1 is 1.47 bits per heavy atom. The van der Waals surface area contributed by atoms with Gasteiger partial charge in [-0.2, -0.15) is 0 Å². The number of hydrogen-bond donors (Lipinski definition) is 1. The monoisotopic (exact) mass is 209 g/mol. The van der Waals surface area contributed by atoms with E-state index in [1.807, 2.05) is 6.07 Å². The topological polar surface area (TPSA) is 61.5 Å². The number of nitrogen functional groups attached to an aromatic ring is 1. The lowest BCUT2D eigenvalue weighted by Crippen LogP contribution is -2.08. The summed E-state index contributed by atoms with van der Waals surface area (Å²) in [5.74, 6) is -0.395. The lowest BCUT2D eigenvalue weighted by molar-refractivity contribution is 0.0527. The molecule has 0 aliphatic rings. The van der Waals surface area contributed by atoms with Crippen LogP contribution in [0.3, 0.4) is 0 Å². The van der Waals surface area contributed by atoms with Crippen LogP contribution in [0.25, 0.3) is 0 Å². The van der Waals surface area contributed by atoms with Crippen LogP contribution in [-0.2, 0) is 16.1 Å². The van der Waals surface area contributed by atoms with E-state index in [1.165, 1.54) is 0 Å². The van der Waals surface area contributed by atoms with Gasteiger partial charge in [0.15, 0.2) is 0 Å². The molecule has 0 amide bonds. The number of ether oxygens (including phenoxy) is 2. The summed E-state index contributed by atoms with van der Waals surface area (Å²) in [4.78, 5) is 11.5. The largest absolute Gasteiger partial charge is 0.462 e. The van der Waals surface area contributed by atoms with Gasteiger partial charge in [-0.25, -0.2) is 4.79 Å². The van der Waals surface area contributed by atoms with Crippen LogP contribution in [0.5, 0.6) is 0 Å². The van der Waals surface area contributed by atoms with E-state index in [4.69, 9.17) is 15.2 Å². The lowest BCUT2D eigenvalue weighted by atomic mass is 10.1. The number of hydrogen-bond acceptors (Lipinski definition) is 4. The van der Waals surface area contributed by atoms with Crippen molar-refractivity contribution in [2.75, 3.05) is 19.5 Å². The Morgan fingerprint density at radius 3 is 2.80 bits per heavy atom. The van der Waals surface area contributed by atoms with Gasteiger partial charge >= 0.3 is 5.97 Å². The fourth-order valence-electron chi connectivity index (χ4n) is 1.25. The van der Waals surface area contributed by atoms with E-state index < -0.39 is 5.97 Å². The third-order valence-electron chi connectivity index (χ3n) is 1.92. The summed E-state index contributed by atoms with van der Waals surface area (Å²) in [7, 11) is 1.60. The smallest absolute Gasteiger partial charge is 0.340 e. The van der Waals surface area contributed by atoms with E-state index in [-0.39, 0.29) is 0 Å². The molecular formula is C11H15NO3. The molecule has 0 fully saturated rings. The molecule has 2 N–H and O–H groups in total. The molecule has 4 nitrogen and oxygen atoms in total. The first-order valence-corrected chi connectivity index (χ1v) is 4.73. The Hall–Kier alpha value is -1.55. The number of anilines is 1. The molecular weight excluding hydrogens is 194 g/mol. The predicted octanol–water partition coefficient (Wildman–Crippen LogP) is 1.59. The first kappa shape index (κ1) is 11.5. The number of methoxy groups -OCH3 is 1. The molecule has 0 atom stereocenters. The zero-order valence-corrected chi connectivity index (χ0v) is 8.95. The van der Waals surface area contributed by atoms with E-state index in [0.29, 0.717) is 24.5 Å². The highest BCUT2D eigenvalue weighted by atomic mass is 16.5. The number of carbonyl (C=O) groups is 1. The van der Waals surface area contributed by atoms with Crippen molar-refractivity contribution >= 4 is 11.7 Å². The van der Waals surface area contributed by atoms with Crippen molar-refractivity contribution in [3.63, 3.8) is 0 Å². The van der Waals surface area contributed by atoms with Crippen molar-refractivity contribution in [2.45, 2.75) is 13.5 Å². The molecule has 0 spiro atoms. The number of nitrogens with two attached hydrogens (primary N) is 1. The Morgan fingerprint density at radius 2 is 2.20 bits per heavy atom. The summed E-state index contributed by atoms with van der Waals surface area (Å²) < 4.78 is 9.85. The molecule has 15 heavy (non-hydrogen) atoms. The van der Waals surface area contributed by atoms with E-state index >= 15 is 0 Å². The maximum atomic E-state index is 11.5. The van der Waals surface area contributed by atoms with Gasteiger partial charge in [-0.05, 0) is 24.6 Å². The predicted molar refractivity (Wildman–Crippen MR) is 57.5 cm³/mol. The highest BCUT2D eigenvalue weighted by Gasteiger charge is 2.11. The van der Waals surface area contributed by atoms with Crippen molar-refractivity contribution in [1.82, 2.24) is 0 Å². The minimum Gasteiger partial charge on any atom is -0.462 e. The van der Waals surface area contributed by atoms with Gasteiger partial charge in [-0.3, -0.25) is 0 Å². The molecule has 0 unspecified atom stereocenters. The maximum Gasteiger partial charge on any atom is 0.340 e. The van der Waals surface area contributed by atoms with Crippen molar-refractivity contribution in [3.8, 4) is 0 Å². The average Bonchev–Trinajstić information content (AvgIpc) is 2.21. The van der Waals surface area contributed by atoms with Crippen LogP contribution in [0.4, 0.5) is 5.69 Å². The lowest BCUT2D eigenvalue weighted by Gasteiger charge is -2.07. The Balaban J connectivity index is 2.94. The molecule has 0 bridgehead atoms. The molecule has 0 aliphatic heterocycles. The third-order valence-corrected chi connectivity index (χ3v) is 1.92. The maximum absolute atomic E-state index is 11.5. The number of rotatable bonds is 4. The normalized spacial score (nSPS) is 10.0. The molecule has 1 rings (SSSR count). The molecule has 82 valence electrons. The minimum absolute atomic E-state index is 0.340. The second-order valence-electron chi connectivity index (χ2n) is 3.08. The number of esters is 1. The molecule has 4 heteroatoms. The summed E-state index contributed by atoms with van der Waals surface area (Å²) in [5, 5.41) is 0. The number of benzene rings is 1. The van der Waals surface area contributed by atoms with Crippen LogP contribution in [0.1, 0.15) is 22.8 Å². The van der Waals surface area contributed by atoms with Gasteiger partial charge in [0.05, 0.1) is 18.8 Å². The molecule has 1 aromatic rings. The van der Waals surface area contributed by atoms with E-state index in [9.17, 15) is 4.79 Å². The molecule has 0 aromatic heterocycles. The van der Waals surface area contributed by atoms with Gasteiger partial charge in [0.2, 0.25) is 0 Å². The Bertz CT molecular complexity index is 350. The van der Waals surface area contributed by atoms with Crippen LogP contribution in [-0.4, -0.2) is 19.7 Å². The van der Waals surface area contributed by atoms with Gasteiger partial charge in [0.25, 0.3) is 0 Å². The van der Waals surface area contributed by atoms with Gasteiger partial charge in [-0.1, -0.05) is 6.07 Å². The first-order chi connectivity index (χ1) is 7.19.